The van der Waals surface area contributed by atoms with Crippen LogP contribution in [0.4, 0.5) is 0 Å². The van der Waals surface area contributed by atoms with Crippen LogP contribution in [0.1, 0.15) is 111 Å². The van der Waals surface area contributed by atoms with Gasteiger partial charge in [0.25, 0.3) is 5.91 Å². The summed E-state index contributed by atoms with van der Waals surface area (Å²) in [4.78, 5) is 31.3. The Bertz CT molecular complexity index is 1250. The fourth-order valence-corrected chi connectivity index (χ4v) is 5.27. The number of hydrogen-bond donors (Lipinski definition) is 0. The molecule has 6 nitrogen and oxygen atoms in total. The number of carbonyl (C=O) groups excluding carboxylic acids is 2. The van der Waals surface area contributed by atoms with Gasteiger partial charge in [0.2, 0.25) is 0 Å². The third-order valence-electron chi connectivity index (χ3n) is 7.67. The lowest BCUT2D eigenvalue weighted by atomic mass is 9.96. The van der Waals surface area contributed by atoms with Gasteiger partial charge in [0.15, 0.2) is 5.78 Å². The molecule has 6 heteroatoms. The number of rotatable bonds is 19. The number of ketones is 1. The van der Waals surface area contributed by atoms with Crippen molar-refractivity contribution in [3.63, 3.8) is 0 Å². The molecule has 3 rings (SSSR count). The highest BCUT2D eigenvalue weighted by Gasteiger charge is 2.24. The predicted molar refractivity (Wildman–Crippen MR) is 172 cm³/mol. The van der Waals surface area contributed by atoms with Crippen molar-refractivity contribution < 1.29 is 18.7 Å². The first kappa shape index (κ1) is 33.5. The van der Waals surface area contributed by atoms with Crippen molar-refractivity contribution in [1.82, 2.24) is 9.80 Å². The van der Waals surface area contributed by atoms with Gasteiger partial charge in [0.05, 0.1) is 18.8 Å². The molecular weight excluding hydrogens is 524 g/mol. The average Bonchev–Trinajstić information content (AvgIpc) is 3.35. The standard InChI is InChI=1S/C36H52N2O4/c1-7-10-13-33-34(31-24-30(18-19-32(31)42-33)36(40)37(6)25-27(4)5)35(39)29-16-14-28(15-17-29)26-41-23-22-38(20-11-8-2)21-12-9-3/h14-19,24,27H,7-13,20-23,25-26H2,1-6H3. The molecule has 42 heavy (non-hydrogen) atoms. The number of aryl methyl sites for hydroxylation is 1. The van der Waals surface area contributed by atoms with Crippen LogP contribution in [0.5, 0.6) is 0 Å². The number of fused-ring (bicyclic) bond motifs is 1. The molecule has 0 aliphatic rings. The molecule has 1 heterocycles. The predicted octanol–water partition coefficient (Wildman–Crippen LogP) is 8.15. The van der Waals surface area contributed by atoms with E-state index in [1.54, 1.807) is 11.0 Å². The molecule has 0 fully saturated rings. The fourth-order valence-electron chi connectivity index (χ4n) is 5.27. The first-order valence-corrected chi connectivity index (χ1v) is 16.0. The number of amides is 1. The lowest BCUT2D eigenvalue weighted by molar-refractivity contribution is 0.0779. The van der Waals surface area contributed by atoms with Crippen molar-refractivity contribution >= 4 is 22.7 Å². The van der Waals surface area contributed by atoms with Gasteiger partial charge >= 0.3 is 0 Å². The van der Waals surface area contributed by atoms with Gasteiger partial charge in [-0.15, -0.1) is 0 Å². The first-order valence-electron chi connectivity index (χ1n) is 16.0. The van der Waals surface area contributed by atoms with E-state index >= 15 is 0 Å². The lowest BCUT2D eigenvalue weighted by Gasteiger charge is -2.21. The van der Waals surface area contributed by atoms with E-state index in [9.17, 15) is 9.59 Å². The third kappa shape index (κ3) is 9.53. The van der Waals surface area contributed by atoms with Gasteiger partial charge in [-0.2, -0.15) is 0 Å². The van der Waals surface area contributed by atoms with Crippen LogP contribution >= 0.6 is 0 Å². The second-order valence-corrected chi connectivity index (χ2v) is 11.9. The smallest absolute Gasteiger partial charge is 0.253 e. The fraction of sp³-hybridized carbons (Fsp3) is 0.556. The van der Waals surface area contributed by atoms with Crippen LogP contribution in [0.2, 0.25) is 0 Å². The molecular formula is C36H52N2O4. The summed E-state index contributed by atoms with van der Waals surface area (Å²) < 4.78 is 12.2. The minimum absolute atomic E-state index is 0.0523. The summed E-state index contributed by atoms with van der Waals surface area (Å²) in [5.41, 5.74) is 3.44. The van der Waals surface area contributed by atoms with Crippen molar-refractivity contribution in [2.45, 2.75) is 86.2 Å². The topological polar surface area (TPSA) is 63.0 Å². The Balaban J connectivity index is 1.74. The Kier molecular flexibility index (Phi) is 13.8. The quantitative estimate of drug-likeness (QED) is 0.106. The normalized spacial score (nSPS) is 11.6. The second kappa shape index (κ2) is 17.2. The van der Waals surface area contributed by atoms with Gasteiger partial charge in [-0.3, -0.25) is 9.59 Å². The van der Waals surface area contributed by atoms with Crippen molar-refractivity contribution in [2.75, 3.05) is 39.8 Å². The first-order chi connectivity index (χ1) is 20.3. The molecule has 0 spiro atoms. The molecule has 0 atom stereocenters. The molecule has 1 amide bonds. The molecule has 2 aromatic carbocycles. The van der Waals surface area contributed by atoms with E-state index < -0.39 is 0 Å². The van der Waals surface area contributed by atoms with Crippen molar-refractivity contribution in [1.29, 1.82) is 0 Å². The highest BCUT2D eigenvalue weighted by atomic mass is 16.5. The Morgan fingerprint density at radius 3 is 2.12 bits per heavy atom. The van der Waals surface area contributed by atoms with Crippen molar-refractivity contribution in [2.24, 2.45) is 5.92 Å². The Hall–Kier alpha value is -2.96. The van der Waals surface area contributed by atoms with E-state index in [0.717, 1.165) is 38.0 Å². The Morgan fingerprint density at radius 2 is 1.50 bits per heavy atom. The van der Waals surface area contributed by atoms with Crippen LogP contribution in [0.25, 0.3) is 11.0 Å². The van der Waals surface area contributed by atoms with Gasteiger partial charge in [0.1, 0.15) is 11.3 Å². The maximum absolute atomic E-state index is 13.9. The third-order valence-corrected chi connectivity index (χ3v) is 7.67. The van der Waals surface area contributed by atoms with E-state index in [1.807, 2.05) is 43.4 Å². The van der Waals surface area contributed by atoms with Crippen molar-refractivity contribution in [3.8, 4) is 0 Å². The molecule has 3 aromatic rings. The molecule has 0 aliphatic heterocycles. The van der Waals surface area contributed by atoms with Crippen LogP contribution in [0.15, 0.2) is 46.9 Å². The molecule has 0 N–H and O–H groups in total. The molecule has 0 unspecified atom stereocenters. The number of benzene rings is 2. The molecule has 230 valence electrons. The molecule has 0 bridgehead atoms. The van der Waals surface area contributed by atoms with E-state index in [1.165, 1.54) is 25.7 Å². The highest BCUT2D eigenvalue weighted by molar-refractivity contribution is 6.17. The number of hydrogen-bond acceptors (Lipinski definition) is 5. The zero-order chi connectivity index (χ0) is 30.5. The number of furan rings is 1. The highest BCUT2D eigenvalue weighted by Crippen LogP contribution is 2.31. The minimum Gasteiger partial charge on any atom is -0.460 e. The zero-order valence-electron chi connectivity index (χ0n) is 26.8. The van der Waals surface area contributed by atoms with Gasteiger partial charge < -0.3 is 19.0 Å². The summed E-state index contributed by atoms with van der Waals surface area (Å²) in [6.07, 6.45) is 7.46. The number of ether oxygens (including phenoxy) is 1. The maximum atomic E-state index is 13.9. The Morgan fingerprint density at radius 1 is 0.857 bits per heavy atom. The summed E-state index contributed by atoms with van der Waals surface area (Å²) in [5, 5.41) is 0.706. The minimum atomic E-state index is -0.0741. The van der Waals surface area contributed by atoms with Gasteiger partial charge in [-0.05, 0) is 62.0 Å². The Labute approximate surface area is 253 Å². The van der Waals surface area contributed by atoms with Gasteiger partial charge in [-0.1, -0.05) is 78.1 Å². The van der Waals surface area contributed by atoms with Crippen LogP contribution in [0, 0.1) is 5.92 Å². The molecule has 1 aromatic heterocycles. The van der Waals surface area contributed by atoms with Gasteiger partial charge in [0, 0.05) is 43.1 Å². The summed E-state index contributed by atoms with van der Waals surface area (Å²) in [6, 6.07) is 13.2. The maximum Gasteiger partial charge on any atom is 0.253 e. The zero-order valence-corrected chi connectivity index (χ0v) is 26.8. The largest absolute Gasteiger partial charge is 0.460 e. The van der Waals surface area contributed by atoms with E-state index in [2.05, 4.69) is 39.5 Å². The second-order valence-electron chi connectivity index (χ2n) is 11.9. The lowest BCUT2D eigenvalue weighted by Crippen LogP contribution is -2.30. The number of unbranched alkanes of at least 4 members (excludes halogenated alkanes) is 3. The monoisotopic (exact) mass is 576 g/mol. The van der Waals surface area contributed by atoms with Crippen molar-refractivity contribution in [3.05, 3.63) is 70.5 Å². The number of carbonyl (C=O) groups is 2. The van der Waals surface area contributed by atoms with Crippen LogP contribution < -0.4 is 0 Å². The molecule has 0 aliphatic carbocycles. The van der Waals surface area contributed by atoms with E-state index in [0.29, 0.717) is 65.5 Å². The number of nitrogens with zero attached hydrogens (tertiary/aromatic N) is 2. The summed E-state index contributed by atoms with van der Waals surface area (Å²) in [7, 11) is 1.82. The molecule has 0 saturated carbocycles. The summed E-state index contributed by atoms with van der Waals surface area (Å²) in [5.74, 6) is 0.938. The van der Waals surface area contributed by atoms with Gasteiger partial charge in [-0.25, -0.2) is 0 Å². The van der Waals surface area contributed by atoms with E-state index in [-0.39, 0.29) is 11.7 Å². The van der Waals surface area contributed by atoms with E-state index in [4.69, 9.17) is 9.15 Å². The molecule has 0 radical (unpaired) electrons. The summed E-state index contributed by atoms with van der Waals surface area (Å²) >= 11 is 0. The van der Waals surface area contributed by atoms with Crippen LogP contribution in [-0.4, -0.2) is 61.3 Å². The van der Waals surface area contributed by atoms with Crippen LogP contribution in [-0.2, 0) is 17.8 Å². The SMILES string of the molecule is CCCCc1oc2ccc(C(=O)N(C)CC(C)C)cc2c1C(=O)c1ccc(COCCN(CCCC)CCCC)cc1. The average molecular weight is 577 g/mol. The van der Waals surface area contributed by atoms with Crippen LogP contribution in [0.3, 0.4) is 0 Å². The summed E-state index contributed by atoms with van der Waals surface area (Å²) in [6.45, 7) is 15.9. The molecule has 0 saturated heterocycles.